The van der Waals surface area contributed by atoms with Crippen molar-refractivity contribution in [3.8, 4) is 11.5 Å². The minimum Gasteiger partial charge on any atom is -0.496 e. The second kappa shape index (κ2) is 7.29. The molecular formula is C16H22O4. The van der Waals surface area contributed by atoms with Crippen LogP contribution in [0.1, 0.15) is 42.5 Å². The van der Waals surface area contributed by atoms with Gasteiger partial charge in [0.15, 0.2) is 5.78 Å². The van der Waals surface area contributed by atoms with E-state index in [0.717, 1.165) is 25.9 Å². The van der Waals surface area contributed by atoms with Gasteiger partial charge in [0, 0.05) is 13.0 Å². The van der Waals surface area contributed by atoms with Gasteiger partial charge < -0.3 is 14.2 Å². The molecule has 1 atom stereocenters. The van der Waals surface area contributed by atoms with Crippen molar-refractivity contribution in [1.82, 2.24) is 0 Å². The smallest absolute Gasteiger partial charge is 0.170 e. The lowest BCUT2D eigenvalue weighted by molar-refractivity contribution is 0.0104. The summed E-state index contributed by atoms with van der Waals surface area (Å²) in [5.41, 5.74) is 0.535. The first kappa shape index (κ1) is 14.9. The van der Waals surface area contributed by atoms with Crippen LogP contribution in [-0.2, 0) is 4.74 Å². The summed E-state index contributed by atoms with van der Waals surface area (Å²) in [7, 11) is 3.13. The summed E-state index contributed by atoms with van der Waals surface area (Å²) in [6, 6.07) is 5.39. The van der Waals surface area contributed by atoms with Crippen LogP contribution >= 0.6 is 0 Å². The van der Waals surface area contributed by atoms with Gasteiger partial charge in [-0.05, 0) is 37.8 Å². The van der Waals surface area contributed by atoms with Crippen LogP contribution in [0.15, 0.2) is 18.2 Å². The maximum atomic E-state index is 12.4. The molecule has 1 saturated heterocycles. The summed E-state index contributed by atoms with van der Waals surface area (Å²) in [5, 5.41) is 0. The van der Waals surface area contributed by atoms with Gasteiger partial charge >= 0.3 is 0 Å². The van der Waals surface area contributed by atoms with Crippen molar-refractivity contribution in [2.75, 3.05) is 20.8 Å². The van der Waals surface area contributed by atoms with Crippen molar-refractivity contribution in [1.29, 1.82) is 0 Å². The van der Waals surface area contributed by atoms with Gasteiger partial charge in [0.1, 0.15) is 17.1 Å². The van der Waals surface area contributed by atoms with E-state index in [1.165, 1.54) is 6.42 Å². The van der Waals surface area contributed by atoms with Crippen molar-refractivity contribution in [2.24, 2.45) is 0 Å². The maximum absolute atomic E-state index is 12.4. The van der Waals surface area contributed by atoms with Crippen molar-refractivity contribution in [3.63, 3.8) is 0 Å². The fraction of sp³-hybridized carbons (Fsp3) is 0.562. The number of hydrogen-bond donors (Lipinski definition) is 0. The van der Waals surface area contributed by atoms with E-state index < -0.39 is 0 Å². The average Bonchev–Trinajstić information content (AvgIpc) is 2.52. The highest BCUT2D eigenvalue weighted by Crippen LogP contribution is 2.30. The molecule has 0 aliphatic carbocycles. The van der Waals surface area contributed by atoms with Gasteiger partial charge in [0.2, 0.25) is 0 Å². The Bertz CT molecular complexity index is 428. The highest BCUT2D eigenvalue weighted by Gasteiger charge is 2.20. The fourth-order valence-corrected chi connectivity index (χ4v) is 2.58. The SMILES string of the molecule is COc1cccc(OC)c1C(=O)CCC1CCCCO1. The minimum atomic E-state index is 0.0495. The normalized spacial score (nSPS) is 18.6. The number of methoxy groups -OCH3 is 2. The van der Waals surface area contributed by atoms with Crippen molar-refractivity contribution >= 4 is 5.78 Å². The zero-order valence-corrected chi connectivity index (χ0v) is 12.2. The molecular weight excluding hydrogens is 256 g/mol. The second-order valence-electron chi connectivity index (χ2n) is 4.99. The van der Waals surface area contributed by atoms with E-state index in [9.17, 15) is 4.79 Å². The quantitative estimate of drug-likeness (QED) is 0.749. The summed E-state index contributed by atoms with van der Waals surface area (Å²) in [6.45, 7) is 0.816. The fourth-order valence-electron chi connectivity index (χ4n) is 2.58. The zero-order chi connectivity index (χ0) is 14.4. The van der Waals surface area contributed by atoms with Crippen molar-refractivity contribution < 1.29 is 19.0 Å². The average molecular weight is 278 g/mol. The Morgan fingerprint density at radius 1 is 1.25 bits per heavy atom. The molecule has 0 N–H and O–H groups in total. The van der Waals surface area contributed by atoms with Crippen molar-refractivity contribution in [2.45, 2.75) is 38.2 Å². The molecule has 0 radical (unpaired) electrons. The van der Waals surface area contributed by atoms with E-state index in [4.69, 9.17) is 14.2 Å². The van der Waals surface area contributed by atoms with E-state index in [2.05, 4.69) is 0 Å². The molecule has 4 nitrogen and oxygen atoms in total. The monoisotopic (exact) mass is 278 g/mol. The molecule has 0 amide bonds. The van der Waals surface area contributed by atoms with Gasteiger partial charge in [0.25, 0.3) is 0 Å². The van der Waals surface area contributed by atoms with E-state index in [1.54, 1.807) is 26.4 Å². The first-order valence-electron chi connectivity index (χ1n) is 7.12. The third kappa shape index (κ3) is 3.51. The minimum absolute atomic E-state index is 0.0495. The molecule has 1 unspecified atom stereocenters. The lowest BCUT2D eigenvalue weighted by Crippen LogP contribution is -2.20. The first-order chi connectivity index (χ1) is 9.76. The van der Waals surface area contributed by atoms with Crippen LogP contribution in [0.2, 0.25) is 0 Å². The Balaban J connectivity index is 2.04. The Hall–Kier alpha value is -1.55. The Kier molecular flexibility index (Phi) is 5.41. The van der Waals surface area contributed by atoms with Crippen LogP contribution in [0.3, 0.4) is 0 Å². The van der Waals surface area contributed by atoms with E-state index >= 15 is 0 Å². The molecule has 1 aliphatic rings. The Morgan fingerprint density at radius 2 is 1.95 bits per heavy atom. The maximum Gasteiger partial charge on any atom is 0.170 e. The van der Waals surface area contributed by atoms with Gasteiger partial charge in [-0.3, -0.25) is 4.79 Å². The Labute approximate surface area is 120 Å². The van der Waals surface area contributed by atoms with E-state index in [0.29, 0.717) is 23.5 Å². The summed E-state index contributed by atoms with van der Waals surface area (Å²) in [6.07, 6.45) is 4.81. The summed E-state index contributed by atoms with van der Waals surface area (Å²) < 4.78 is 16.2. The number of carbonyl (C=O) groups is 1. The van der Waals surface area contributed by atoms with Gasteiger partial charge in [0.05, 0.1) is 20.3 Å². The molecule has 0 saturated carbocycles. The molecule has 4 heteroatoms. The highest BCUT2D eigenvalue weighted by molar-refractivity contribution is 6.01. The van der Waals surface area contributed by atoms with E-state index in [1.807, 2.05) is 6.07 Å². The Morgan fingerprint density at radius 3 is 2.50 bits per heavy atom. The number of carbonyl (C=O) groups excluding carboxylic acids is 1. The molecule has 1 aromatic carbocycles. The zero-order valence-electron chi connectivity index (χ0n) is 12.2. The van der Waals surface area contributed by atoms with Crippen LogP contribution in [0.25, 0.3) is 0 Å². The lowest BCUT2D eigenvalue weighted by atomic mass is 9.99. The van der Waals surface area contributed by atoms with Crippen LogP contribution in [-0.4, -0.2) is 32.7 Å². The highest BCUT2D eigenvalue weighted by atomic mass is 16.5. The van der Waals surface area contributed by atoms with E-state index in [-0.39, 0.29) is 11.9 Å². The number of ether oxygens (including phenoxy) is 3. The standard InChI is InChI=1S/C16H22O4/c1-18-14-7-5-8-15(19-2)16(14)13(17)10-9-12-6-3-4-11-20-12/h5,7-8,12H,3-4,6,9-11H2,1-2H3. The molecule has 1 aliphatic heterocycles. The van der Waals surface area contributed by atoms with Crippen LogP contribution in [0.4, 0.5) is 0 Å². The lowest BCUT2D eigenvalue weighted by Gasteiger charge is -2.22. The van der Waals surface area contributed by atoms with Crippen LogP contribution < -0.4 is 9.47 Å². The predicted molar refractivity (Wildman–Crippen MR) is 76.7 cm³/mol. The molecule has 1 fully saturated rings. The molecule has 1 heterocycles. The van der Waals surface area contributed by atoms with Gasteiger partial charge in [-0.25, -0.2) is 0 Å². The molecule has 1 aromatic rings. The van der Waals surface area contributed by atoms with Crippen molar-refractivity contribution in [3.05, 3.63) is 23.8 Å². The molecule has 2 rings (SSSR count). The van der Waals surface area contributed by atoms with Gasteiger partial charge in [-0.2, -0.15) is 0 Å². The number of benzene rings is 1. The topological polar surface area (TPSA) is 44.8 Å². The second-order valence-corrected chi connectivity index (χ2v) is 4.99. The molecule has 0 aromatic heterocycles. The summed E-state index contributed by atoms with van der Waals surface area (Å²) in [5.74, 6) is 1.19. The van der Waals surface area contributed by atoms with Gasteiger partial charge in [-0.1, -0.05) is 6.07 Å². The number of hydrogen-bond acceptors (Lipinski definition) is 4. The molecule has 20 heavy (non-hydrogen) atoms. The number of ketones is 1. The van der Waals surface area contributed by atoms with Crippen LogP contribution in [0, 0.1) is 0 Å². The third-order valence-corrected chi connectivity index (χ3v) is 3.67. The first-order valence-corrected chi connectivity index (χ1v) is 7.12. The van der Waals surface area contributed by atoms with Gasteiger partial charge in [-0.15, -0.1) is 0 Å². The number of rotatable bonds is 6. The molecule has 110 valence electrons. The molecule has 0 spiro atoms. The summed E-state index contributed by atoms with van der Waals surface area (Å²) >= 11 is 0. The largest absolute Gasteiger partial charge is 0.496 e. The predicted octanol–water partition coefficient (Wildman–Crippen LogP) is 3.24. The van der Waals surface area contributed by atoms with Crippen LogP contribution in [0.5, 0.6) is 11.5 Å². The number of Topliss-reactive ketones (excluding diaryl/α,β-unsaturated/α-hetero) is 1. The molecule has 0 bridgehead atoms. The summed E-state index contributed by atoms with van der Waals surface area (Å²) in [4.78, 5) is 12.4. The third-order valence-electron chi connectivity index (χ3n) is 3.67.